The predicted molar refractivity (Wildman–Crippen MR) is 137 cm³/mol. The SMILES string of the molecule is CCOC(=O)c1ccc(NC(=O)C(C)Sc2ccc(NC(=O)c3ccc(Cl)cc3Cl)cc2)cc1. The Morgan fingerprint density at radius 2 is 1.53 bits per heavy atom. The number of hydrogen-bond donors (Lipinski definition) is 2. The molecule has 1 unspecified atom stereocenters. The molecule has 0 bridgehead atoms. The van der Waals surface area contributed by atoms with Gasteiger partial charge in [0.2, 0.25) is 5.91 Å². The molecule has 2 amide bonds. The molecule has 2 N–H and O–H groups in total. The molecule has 1 atom stereocenters. The Labute approximate surface area is 212 Å². The number of anilines is 2. The van der Waals surface area contributed by atoms with E-state index >= 15 is 0 Å². The highest BCUT2D eigenvalue weighted by Crippen LogP contribution is 2.27. The van der Waals surface area contributed by atoms with Crippen molar-refractivity contribution in [1.82, 2.24) is 0 Å². The second-order valence-corrected chi connectivity index (χ2v) is 9.41. The Morgan fingerprint density at radius 1 is 0.912 bits per heavy atom. The van der Waals surface area contributed by atoms with Crippen LogP contribution in [0, 0.1) is 0 Å². The molecule has 0 heterocycles. The Balaban J connectivity index is 1.54. The standard InChI is InChI=1S/C25H22Cl2N2O4S/c1-3-33-25(32)16-4-7-18(8-5-16)28-23(30)15(2)34-20-11-9-19(10-12-20)29-24(31)21-13-6-17(26)14-22(21)27/h4-15H,3H2,1-2H3,(H,28,30)(H,29,31). The van der Waals surface area contributed by atoms with Gasteiger partial charge in [0.15, 0.2) is 0 Å². The lowest BCUT2D eigenvalue weighted by Gasteiger charge is -2.13. The second kappa shape index (κ2) is 11.9. The van der Waals surface area contributed by atoms with Crippen LogP contribution in [0.5, 0.6) is 0 Å². The van der Waals surface area contributed by atoms with Crippen molar-refractivity contribution in [2.45, 2.75) is 24.0 Å². The highest BCUT2D eigenvalue weighted by molar-refractivity contribution is 8.00. The minimum Gasteiger partial charge on any atom is -0.462 e. The molecule has 0 saturated heterocycles. The van der Waals surface area contributed by atoms with Crippen molar-refractivity contribution < 1.29 is 19.1 Å². The fourth-order valence-electron chi connectivity index (χ4n) is 2.89. The lowest BCUT2D eigenvalue weighted by molar-refractivity contribution is -0.115. The van der Waals surface area contributed by atoms with Gasteiger partial charge in [-0.1, -0.05) is 23.2 Å². The van der Waals surface area contributed by atoms with Gasteiger partial charge in [-0.25, -0.2) is 4.79 Å². The van der Waals surface area contributed by atoms with Crippen LogP contribution in [-0.4, -0.2) is 29.6 Å². The lowest BCUT2D eigenvalue weighted by Crippen LogP contribution is -2.22. The fraction of sp³-hybridized carbons (Fsp3) is 0.160. The van der Waals surface area contributed by atoms with E-state index in [9.17, 15) is 14.4 Å². The summed E-state index contributed by atoms with van der Waals surface area (Å²) in [5.74, 6) is -0.923. The number of carbonyl (C=O) groups excluding carboxylic acids is 3. The normalized spacial score (nSPS) is 11.4. The van der Waals surface area contributed by atoms with Gasteiger partial charge in [-0.3, -0.25) is 9.59 Å². The van der Waals surface area contributed by atoms with Gasteiger partial charge in [-0.2, -0.15) is 0 Å². The molecule has 0 aromatic heterocycles. The van der Waals surface area contributed by atoms with Crippen LogP contribution in [0.1, 0.15) is 34.6 Å². The van der Waals surface area contributed by atoms with Gasteiger partial charge in [0.05, 0.1) is 28.0 Å². The third kappa shape index (κ3) is 7.00. The first kappa shape index (κ1) is 25.6. The number of hydrogen-bond acceptors (Lipinski definition) is 5. The van der Waals surface area contributed by atoms with E-state index < -0.39 is 5.97 Å². The highest BCUT2D eigenvalue weighted by Gasteiger charge is 2.16. The van der Waals surface area contributed by atoms with E-state index in [1.165, 1.54) is 17.8 Å². The largest absolute Gasteiger partial charge is 0.462 e. The average molecular weight is 517 g/mol. The van der Waals surface area contributed by atoms with Crippen LogP contribution in [0.15, 0.2) is 71.6 Å². The Kier molecular flexibility index (Phi) is 8.98. The van der Waals surface area contributed by atoms with Gasteiger partial charge < -0.3 is 15.4 Å². The molecule has 0 aliphatic heterocycles. The van der Waals surface area contributed by atoms with Gasteiger partial charge in [-0.05, 0) is 80.6 Å². The Hall–Kier alpha value is -3.00. The summed E-state index contributed by atoms with van der Waals surface area (Å²) in [5.41, 5.74) is 1.93. The zero-order valence-electron chi connectivity index (χ0n) is 18.4. The number of esters is 1. The second-order valence-electron chi connectivity index (χ2n) is 7.15. The van der Waals surface area contributed by atoms with E-state index in [1.54, 1.807) is 62.4 Å². The van der Waals surface area contributed by atoms with Crippen molar-refractivity contribution in [3.05, 3.63) is 87.9 Å². The van der Waals surface area contributed by atoms with Crippen molar-refractivity contribution >= 4 is 64.1 Å². The molecule has 3 rings (SSSR count). The van der Waals surface area contributed by atoms with Crippen molar-refractivity contribution in [2.24, 2.45) is 0 Å². The summed E-state index contributed by atoms with van der Waals surface area (Å²) in [6.45, 7) is 3.84. The molecule has 176 valence electrons. The van der Waals surface area contributed by atoms with Crippen molar-refractivity contribution in [3.63, 3.8) is 0 Å². The molecule has 3 aromatic rings. The summed E-state index contributed by atoms with van der Waals surface area (Å²) in [5, 5.41) is 5.97. The van der Waals surface area contributed by atoms with E-state index in [-0.39, 0.29) is 22.1 Å². The predicted octanol–water partition coefficient (Wildman–Crippen LogP) is 6.54. The molecule has 34 heavy (non-hydrogen) atoms. The Bertz CT molecular complexity index is 1180. The summed E-state index contributed by atoms with van der Waals surface area (Å²) in [7, 11) is 0. The zero-order chi connectivity index (χ0) is 24.7. The molecule has 6 nitrogen and oxygen atoms in total. The van der Waals surface area contributed by atoms with Crippen LogP contribution in [0.25, 0.3) is 0 Å². The number of nitrogens with one attached hydrogen (secondary N) is 2. The molecule has 0 aliphatic rings. The zero-order valence-corrected chi connectivity index (χ0v) is 20.8. The van der Waals surface area contributed by atoms with E-state index in [0.717, 1.165) is 4.90 Å². The van der Waals surface area contributed by atoms with E-state index in [4.69, 9.17) is 27.9 Å². The number of carbonyl (C=O) groups is 3. The first-order valence-electron chi connectivity index (χ1n) is 10.4. The van der Waals surface area contributed by atoms with Crippen LogP contribution in [-0.2, 0) is 9.53 Å². The summed E-state index contributed by atoms with van der Waals surface area (Å²) in [6, 6.07) is 18.4. The number of rotatable bonds is 8. The number of amides is 2. The van der Waals surface area contributed by atoms with E-state index in [0.29, 0.717) is 34.1 Å². The monoisotopic (exact) mass is 516 g/mol. The first-order valence-corrected chi connectivity index (χ1v) is 12.0. The van der Waals surface area contributed by atoms with E-state index in [1.807, 2.05) is 12.1 Å². The van der Waals surface area contributed by atoms with Crippen LogP contribution in [0.4, 0.5) is 11.4 Å². The summed E-state index contributed by atoms with van der Waals surface area (Å²) >= 11 is 13.3. The third-order valence-corrected chi connectivity index (χ3v) is 6.29. The van der Waals surface area contributed by atoms with Gasteiger partial charge in [0, 0.05) is 21.3 Å². The summed E-state index contributed by atoms with van der Waals surface area (Å²) < 4.78 is 4.95. The van der Waals surface area contributed by atoms with Gasteiger partial charge in [0.25, 0.3) is 5.91 Å². The van der Waals surface area contributed by atoms with E-state index in [2.05, 4.69) is 10.6 Å². The molecular formula is C25H22Cl2N2O4S. The maximum absolute atomic E-state index is 12.6. The molecule has 9 heteroatoms. The van der Waals surface area contributed by atoms with Crippen molar-refractivity contribution in [1.29, 1.82) is 0 Å². The summed E-state index contributed by atoms with van der Waals surface area (Å²) in [4.78, 5) is 37.6. The van der Waals surface area contributed by atoms with Gasteiger partial charge >= 0.3 is 5.97 Å². The molecule has 0 fully saturated rings. The van der Waals surface area contributed by atoms with Crippen molar-refractivity contribution in [3.8, 4) is 0 Å². The van der Waals surface area contributed by atoms with Crippen LogP contribution >= 0.6 is 35.0 Å². The first-order chi connectivity index (χ1) is 16.3. The minimum absolute atomic E-state index is 0.177. The fourth-order valence-corrected chi connectivity index (χ4v) is 4.26. The van der Waals surface area contributed by atoms with Gasteiger partial charge in [0.1, 0.15) is 0 Å². The third-order valence-electron chi connectivity index (χ3n) is 4.63. The summed E-state index contributed by atoms with van der Waals surface area (Å²) in [6.07, 6.45) is 0. The smallest absolute Gasteiger partial charge is 0.338 e. The quantitative estimate of drug-likeness (QED) is 0.262. The number of benzene rings is 3. The topological polar surface area (TPSA) is 84.5 Å². The lowest BCUT2D eigenvalue weighted by atomic mass is 10.2. The number of ether oxygens (including phenoxy) is 1. The van der Waals surface area contributed by atoms with Crippen molar-refractivity contribution in [2.75, 3.05) is 17.2 Å². The van der Waals surface area contributed by atoms with Crippen LogP contribution < -0.4 is 10.6 Å². The average Bonchev–Trinajstić information content (AvgIpc) is 2.80. The molecule has 0 saturated carbocycles. The maximum Gasteiger partial charge on any atom is 0.338 e. The molecule has 0 aliphatic carbocycles. The molecule has 0 radical (unpaired) electrons. The van der Waals surface area contributed by atoms with Crippen LogP contribution in [0.2, 0.25) is 10.0 Å². The Morgan fingerprint density at radius 3 is 2.15 bits per heavy atom. The highest BCUT2D eigenvalue weighted by atomic mass is 35.5. The maximum atomic E-state index is 12.6. The van der Waals surface area contributed by atoms with Gasteiger partial charge in [-0.15, -0.1) is 11.8 Å². The minimum atomic E-state index is -0.403. The molecular weight excluding hydrogens is 495 g/mol. The van der Waals surface area contributed by atoms with Crippen LogP contribution in [0.3, 0.4) is 0 Å². The molecule has 3 aromatic carbocycles. The molecule has 0 spiro atoms. The number of halogens is 2. The number of thioether (sulfide) groups is 1.